The minimum Gasteiger partial charge on any atom is -0.438 e. The first-order chi connectivity index (χ1) is 16.4. The molecule has 0 fully saturated rings. The molecule has 8 heteroatoms. The number of carbonyl (C=O) groups excluding carboxylic acids is 1. The molecular weight excluding hydrogens is 428 g/mol. The van der Waals surface area contributed by atoms with Crippen LogP contribution in [0.3, 0.4) is 0 Å². The smallest absolute Gasteiger partial charge is 0.323 e. The molecule has 2 heterocycles. The number of nitrogens with zero attached hydrogens (tertiary/aromatic N) is 3. The first-order valence-electron chi connectivity index (χ1n) is 10.8. The summed E-state index contributed by atoms with van der Waals surface area (Å²) in [4.78, 5) is 25.5. The lowest BCUT2D eigenvalue weighted by atomic mass is 10.1. The lowest BCUT2D eigenvalue weighted by Crippen LogP contribution is -2.20. The molecule has 8 nitrogen and oxygen atoms in total. The summed E-state index contributed by atoms with van der Waals surface area (Å²) >= 11 is 0. The third-order valence-electron chi connectivity index (χ3n) is 5.21. The van der Waals surface area contributed by atoms with Gasteiger partial charge in [0, 0.05) is 30.8 Å². The van der Waals surface area contributed by atoms with Crippen molar-refractivity contribution >= 4 is 23.4 Å². The van der Waals surface area contributed by atoms with Gasteiger partial charge in [-0.3, -0.25) is 0 Å². The Bertz CT molecular complexity index is 1340. The van der Waals surface area contributed by atoms with E-state index in [-0.39, 0.29) is 6.03 Å². The Balaban J connectivity index is 1.50. The molecule has 3 N–H and O–H groups in total. The Labute approximate surface area is 198 Å². The lowest BCUT2D eigenvalue weighted by Gasteiger charge is -2.14. The van der Waals surface area contributed by atoms with Gasteiger partial charge in [0.25, 0.3) is 0 Å². The fourth-order valence-corrected chi connectivity index (χ4v) is 3.40. The van der Waals surface area contributed by atoms with Crippen LogP contribution in [-0.2, 0) is 0 Å². The molecule has 0 aliphatic rings. The van der Waals surface area contributed by atoms with Gasteiger partial charge in [-0.1, -0.05) is 12.1 Å². The van der Waals surface area contributed by atoms with Gasteiger partial charge in [0.2, 0.25) is 11.8 Å². The van der Waals surface area contributed by atoms with Crippen molar-refractivity contribution < 1.29 is 9.53 Å². The number of anilines is 3. The zero-order chi connectivity index (χ0) is 24.1. The van der Waals surface area contributed by atoms with E-state index >= 15 is 0 Å². The third-order valence-corrected chi connectivity index (χ3v) is 5.21. The number of carbonyl (C=O) groups is 1. The monoisotopic (exact) mass is 454 g/mol. The molecule has 172 valence electrons. The van der Waals surface area contributed by atoms with Gasteiger partial charge in [-0.15, -0.1) is 0 Å². The van der Waals surface area contributed by atoms with E-state index in [0.717, 1.165) is 27.9 Å². The largest absolute Gasteiger partial charge is 0.438 e. The molecule has 0 aliphatic heterocycles. The molecule has 0 atom stereocenters. The molecule has 4 rings (SSSR count). The second kappa shape index (κ2) is 9.99. The van der Waals surface area contributed by atoms with E-state index in [4.69, 9.17) is 4.74 Å². The zero-order valence-electron chi connectivity index (χ0n) is 19.5. The average Bonchev–Trinajstić information content (AvgIpc) is 2.83. The molecular formula is C26H26N6O2. The fourth-order valence-electron chi connectivity index (χ4n) is 3.40. The summed E-state index contributed by atoms with van der Waals surface area (Å²) in [5.41, 5.74) is 5.80. The molecule has 0 radical (unpaired) electrons. The molecule has 0 spiro atoms. The Morgan fingerprint density at radius 3 is 2.53 bits per heavy atom. The number of aromatic nitrogens is 3. The summed E-state index contributed by atoms with van der Waals surface area (Å²) in [6, 6.07) is 16.6. The highest BCUT2D eigenvalue weighted by molar-refractivity contribution is 6.00. The van der Waals surface area contributed by atoms with Crippen molar-refractivity contribution in [1.29, 1.82) is 0 Å². The van der Waals surface area contributed by atoms with Crippen LogP contribution in [0.2, 0.25) is 0 Å². The van der Waals surface area contributed by atoms with Crippen LogP contribution in [0.15, 0.2) is 67.0 Å². The molecule has 4 aromatic rings. The van der Waals surface area contributed by atoms with Gasteiger partial charge in [-0.2, -0.15) is 0 Å². The number of ether oxygens (including phenoxy) is 1. The topological polar surface area (TPSA) is 101 Å². The van der Waals surface area contributed by atoms with Gasteiger partial charge in [0.15, 0.2) is 0 Å². The Hall–Kier alpha value is -4.46. The van der Waals surface area contributed by atoms with Gasteiger partial charge in [0.1, 0.15) is 5.75 Å². The maximum atomic E-state index is 12.5. The molecule has 0 unspecified atom stereocenters. The number of nitrogens with one attached hydrogen (secondary N) is 3. The van der Waals surface area contributed by atoms with Crippen molar-refractivity contribution in [3.63, 3.8) is 0 Å². The van der Waals surface area contributed by atoms with Crippen LogP contribution in [0.4, 0.5) is 22.1 Å². The van der Waals surface area contributed by atoms with E-state index in [0.29, 0.717) is 29.0 Å². The molecule has 34 heavy (non-hydrogen) atoms. The minimum atomic E-state index is -0.308. The normalized spacial score (nSPS) is 10.5. The van der Waals surface area contributed by atoms with Crippen molar-refractivity contribution in [3.05, 3.63) is 83.7 Å². The number of amides is 2. The van der Waals surface area contributed by atoms with Crippen LogP contribution in [0.5, 0.6) is 11.6 Å². The van der Waals surface area contributed by atoms with Crippen LogP contribution in [0.1, 0.15) is 16.7 Å². The van der Waals surface area contributed by atoms with E-state index in [1.807, 2.05) is 57.2 Å². The second-order valence-corrected chi connectivity index (χ2v) is 7.85. The Kier molecular flexibility index (Phi) is 6.68. The molecule has 0 saturated heterocycles. The van der Waals surface area contributed by atoms with Crippen LogP contribution in [0.25, 0.3) is 11.3 Å². The van der Waals surface area contributed by atoms with E-state index in [2.05, 4.69) is 30.9 Å². The summed E-state index contributed by atoms with van der Waals surface area (Å²) in [6.45, 7) is 5.86. The average molecular weight is 455 g/mol. The first-order valence-corrected chi connectivity index (χ1v) is 10.8. The van der Waals surface area contributed by atoms with E-state index in [1.165, 1.54) is 0 Å². The van der Waals surface area contributed by atoms with Crippen LogP contribution < -0.4 is 20.7 Å². The van der Waals surface area contributed by atoms with E-state index < -0.39 is 0 Å². The number of rotatable bonds is 6. The van der Waals surface area contributed by atoms with Crippen molar-refractivity contribution in [1.82, 2.24) is 15.0 Å². The van der Waals surface area contributed by atoms with Crippen molar-refractivity contribution in [2.75, 3.05) is 23.0 Å². The lowest BCUT2D eigenvalue weighted by molar-refractivity contribution is 0.262. The number of pyridine rings is 1. The highest BCUT2D eigenvalue weighted by atomic mass is 16.5. The standard InChI is InChI=1S/C26H26N6O2/c1-16-7-8-17(2)22(14-16)32-26(33)30-19-9-10-23(18(3)15-19)34-24-20(6-5-12-28-24)21-11-13-29-25(27-4)31-21/h5-15H,1-4H3,(H,27,29,31)(H2,30,32,33). The molecule has 0 aliphatic carbocycles. The van der Waals surface area contributed by atoms with Gasteiger partial charge < -0.3 is 20.7 Å². The SMILES string of the molecule is CNc1nccc(-c2cccnc2Oc2ccc(NC(=O)Nc3cc(C)ccc3C)cc2C)n1. The van der Waals surface area contributed by atoms with E-state index in [9.17, 15) is 4.79 Å². The summed E-state index contributed by atoms with van der Waals surface area (Å²) in [7, 11) is 1.76. The molecule has 2 aromatic carbocycles. The number of benzene rings is 2. The Morgan fingerprint density at radius 1 is 0.882 bits per heavy atom. The van der Waals surface area contributed by atoms with E-state index in [1.54, 1.807) is 37.6 Å². The zero-order valence-corrected chi connectivity index (χ0v) is 19.5. The quantitative estimate of drug-likeness (QED) is 0.333. The number of aryl methyl sites for hydroxylation is 3. The van der Waals surface area contributed by atoms with Gasteiger partial charge in [0.05, 0.1) is 11.3 Å². The molecule has 2 amide bonds. The van der Waals surface area contributed by atoms with Crippen LogP contribution >= 0.6 is 0 Å². The maximum absolute atomic E-state index is 12.5. The van der Waals surface area contributed by atoms with Gasteiger partial charge >= 0.3 is 6.03 Å². The minimum absolute atomic E-state index is 0.308. The Morgan fingerprint density at radius 2 is 1.74 bits per heavy atom. The molecule has 0 bridgehead atoms. The van der Waals surface area contributed by atoms with Crippen molar-refractivity contribution in [2.24, 2.45) is 0 Å². The maximum Gasteiger partial charge on any atom is 0.323 e. The fraction of sp³-hybridized carbons (Fsp3) is 0.154. The summed E-state index contributed by atoms with van der Waals surface area (Å²) in [6.07, 6.45) is 3.35. The number of hydrogen-bond donors (Lipinski definition) is 3. The molecule has 0 saturated carbocycles. The van der Waals surface area contributed by atoms with Crippen molar-refractivity contribution in [2.45, 2.75) is 20.8 Å². The molecule has 2 aromatic heterocycles. The summed E-state index contributed by atoms with van der Waals surface area (Å²) in [5.74, 6) is 1.57. The van der Waals surface area contributed by atoms with Crippen LogP contribution in [-0.4, -0.2) is 28.0 Å². The summed E-state index contributed by atoms with van der Waals surface area (Å²) < 4.78 is 6.13. The van der Waals surface area contributed by atoms with Crippen LogP contribution in [0, 0.1) is 20.8 Å². The highest BCUT2D eigenvalue weighted by Crippen LogP contribution is 2.33. The number of urea groups is 1. The van der Waals surface area contributed by atoms with Crippen molar-refractivity contribution in [3.8, 4) is 22.9 Å². The summed E-state index contributed by atoms with van der Waals surface area (Å²) in [5, 5.41) is 8.71. The third kappa shape index (κ3) is 5.29. The first kappa shape index (κ1) is 22.7. The van der Waals surface area contributed by atoms with Gasteiger partial charge in [-0.05, 0) is 79.9 Å². The number of hydrogen-bond acceptors (Lipinski definition) is 6. The van der Waals surface area contributed by atoms with Gasteiger partial charge in [-0.25, -0.2) is 19.7 Å². The predicted octanol–water partition coefficient (Wildman–Crippen LogP) is 5.94. The highest BCUT2D eigenvalue weighted by Gasteiger charge is 2.13. The second-order valence-electron chi connectivity index (χ2n) is 7.85. The predicted molar refractivity (Wildman–Crippen MR) is 135 cm³/mol.